The molecule has 2 aliphatic rings. The molecular weight excluding hydrogens is 204 g/mol. The molecular formula is C12H18N2S. The lowest BCUT2D eigenvalue weighted by Gasteiger charge is -2.17. The van der Waals surface area contributed by atoms with E-state index in [1.54, 1.807) is 0 Å². The van der Waals surface area contributed by atoms with Gasteiger partial charge in [-0.15, -0.1) is 0 Å². The molecule has 3 rings (SSSR count). The van der Waals surface area contributed by atoms with E-state index in [4.69, 9.17) is 0 Å². The number of imidazole rings is 1. The number of fused-ring (bicyclic) bond motifs is 1. The molecule has 2 aliphatic heterocycles. The third-order valence-electron chi connectivity index (χ3n) is 3.52. The van der Waals surface area contributed by atoms with Crippen molar-refractivity contribution in [3.05, 3.63) is 17.7 Å². The normalized spacial score (nSPS) is 25.5. The molecule has 0 N–H and O–H groups in total. The zero-order valence-corrected chi connectivity index (χ0v) is 9.93. The fourth-order valence-electron chi connectivity index (χ4n) is 2.67. The molecule has 1 aromatic heterocycles. The summed E-state index contributed by atoms with van der Waals surface area (Å²) in [6, 6.07) is 0. The molecule has 0 aromatic carbocycles. The maximum atomic E-state index is 4.61. The number of nitrogens with zero attached hydrogens (tertiary/aromatic N) is 2. The first kappa shape index (κ1) is 9.76. The summed E-state index contributed by atoms with van der Waals surface area (Å²) in [7, 11) is 0. The molecule has 15 heavy (non-hydrogen) atoms. The van der Waals surface area contributed by atoms with Crippen LogP contribution in [0.3, 0.4) is 0 Å². The molecule has 3 heteroatoms. The average Bonchev–Trinajstić information content (AvgIpc) is 2.89. The maximum absolute atomic E-state index is 4.61. The van der Waals surface area contributed by atoms with Crippen LogP contribution >= 0.6 is 11.8 Å². The van der Waals surface area contributed by atoms with Crippen LogP contribution in [0.2, 0.25) is 0 Å². The van der Waals surface area contributed by atoms with Gasteiger partial charge < -0.3 is 4.57 Å². The lowest BCUT2D eigenvalue weighted by molar-refractivity contribution is 0.511. The van der Waals surface area contributed by atoms with Crippen molar-refractivity contribution in [2.24, 2.45) is 0 Å². The van der Waals surface area contributed by atoms with Crippen LogP contribution in [0.25, 0.3) is 0 Å². The lowest BCUT2D eigenvalue weighted by atomic mass is 10.1. The highest BCUT2D eigenvalue weighted by molar-refractivity contribution is 8.00. The molecule has 2 nitrogen and oxygen atoms in total. The van der Waals surface area contributed by atoms with Gasteiger partial charge in [0.05, 0.1) is 0 Å². The van der Waals surface area contributed by atoms with Gasteiger partial charge in [-0.1, -0.05) is 0 Å². The molecule has 1 atom stereocenters. The van der Waals surface area contributed by atoms with Gasteiger partial charge in [0.25, 0.3) is 0 Å². The van der Waals surface area contributed by atoms with Gasteiger partial charge in [-0.2, -0.15) is 11.8 Å². The number of hydrogen-bond donors (Lipinski definition) is 0. The minimum Gasteiger partial charge on any atom is -0.332 e. The minimum atomic E-state index is 0.846. The second-order valence-corrected chi connectivity index (χ2v) is 6.02. The first-order chi connectivity index (χ1) is 7.43. The molecule has 1 unspecified atom stereocenters. The van der Waals surface area contributed by atoms with Crippen LogP contribution in [0.1, 0.15) is 37.2 Å². The van der Waals surface area contributed by atoms with Crippen molar-refractivity contribution in [2.45, 2.75) is 50.3 Å². The quantitative estimate of drug-likeness (QED) is 0.765. The van der Waals surface area contributed by atoms with Crippen molar-refractivity contribution in [1.29, 1.82) is 0 Å². The predicted octanol–water partition coefficient (Wildman–Crippen LogP) is 2.66. The minimum absolute atomic E-state index is 0.846. The van der Waals surface area contributed by atoms with Crippen molar-refractivity contribution in [3.8, 4) is 0 Å². The molecule has 1 saturated heterocycles. The van der Waals surface area contributed by atoms with Crippen LogP contribution in [0.15, 0.2) is 6.20 Å². The van der Waals surface area contributed by atoms with E-state index in [1.165, 1.54) is 62.3 Å². The number of aryl methyl sites for hydroxylation is 1. The summed E-state index contributed by atoms with van der Waals surface area (Å²) < 4.78 is 2.47. The largest absolute Gasteiger partial charge is 0.332 e. The molecule has 3 heterocycles. The second-order valence-electron chi connectivity index (χ2n) is 4.61. The smallest absolute Gasteiger partial charge is 0.109 e. The van der Waals surface area contributed by atoms with Crippen LogP contribution in [-0.4, -0.2) is 20.6 Å². The summed E-state index contributed by atoms with van der Waals surface area (Å²) >= 11 is 2.14. The zero-order valence-electron chi connectivity index (χ0n) is 9.11. The Balaban J connectivity index is 1.76. The van der Waals surface area contributed by atoms with E-state index in [1.807, 2.05) is 0 Å². The summed E-state index contributed by atoms with van der Waals surface area (Å²) in [5.74, 6) is 2.71. The fourth-order valence-corrected chi connectivity index (χ4v) is 3.94. The Kier molecular flexibility index (Phi) is 2.74. The van der Waals surface area contributed by atoms with E-state index in [-0.39, 0.29) is 0 Å². The Morgan fingerprint density at radius 3 is 3.27 bits per heavy atom. The second kappa shape index (κ2) is 4.20. The van der Waals surface area contributed by atoms with Gasteiger partial charge in [-0.25, -0.2) is 4.98 Å². The monoisotopic (exact) mass is 222 g/mol. The van der Waals surface area contributed by atoms with Gasteiger partial charge in [-0.05, 0) is 37.9 Å². The Morgan fingerprint density at radius 2 is 2.40 bits per heavy atom. The van der Waals surface area contributed by atoms with Gasteiger partial charge >= 0.3 is 0 Å². The van der Waals surface area contributed by atoms with Crippen molar-refractivity contribution in [1.82, 2.24) is 9.55 Å². The van der Waals surface area contributed by atoms with Gasteiger partial charge in [-0.3, -0.25) is 0 Å². The predicted molar refractivity (Wildman–Crippen MR) is 64.3 cm³/mol. The van der Waals surface area contributed by atoms with Gasteiger partial charge in [0, 0.05) is 30.1 Å². The van der Waals surface area contributed by atoms with Crippen molar-refractivity contribution in [2.75, 3.05) is 5.75 Å². The summed E-state index contributed by atoms with van der Waals surface area (Å²) in [6.07, 6.45) is 10.0. The first-order valence-corrected chi connectivity index (χ1v) is 7.13. The van der Waals surface area contributed by atoms with Gasteiger partial charge in [0.2, 0.25) is 0 Å². The maximum Gasteiger partial charge on any atom is 0.109 e. The average molecular weight is 222 g/mol. The topological polar surface area (TPSA) is 17.8 Å². The SMILES string of the molecule is c1nc(CC2CCCS2)n2c1CCCC2. The first-order valence-electron chi connectivity index (χ1n) is 6.08. The van der Waals surface area contributed by atoms with Crippen LogP contribution in [0, 0.1) is 0 Å². The number of hydrogen-bond acceptors (Lipinski definition) is 2. The van der Waals surface area contributed by atoms with Crippen LogP contribution < -0.4 is 0 Å². The summed E-state index contributed by atoms with van der Waals surface area (Å²) in [5.41, 5.74) is 1.47. The molecule has 82 valence electrons. The van der Waals surface area contributed by atoms with Crippen LogP contribution in [0.5, 0.6) is 0 Å². The highest BCUT2D eigenvalue weighted by Crippen LogP contribution is 2.29. The van der Waals surface area contributed by atoms with Crippen molar-refractivity contribution < 1.29 is 0 Å². The summed E-state index contributed by atoms with van der Waals surface area (Å²) in [5, 5.41) is 0.846. The van der Waals surface area contributed by atoms with E-state index in [0.29, 0.717) is 0 Å². The highest BCUT2D eigenvalue weighted by atomic mass is 32.2. The van der Waals surface area contributed by atoms with Crippen LogP contribution in [-0.2, 0) is 19.4 Å². The Morgan fingerprint density at radius 1 is 1.40 bits per heavy atom. The standard InChI is InChI=1S/C12H18N2S/c1-2-6-14-10(4-1)9-13-12(14)8-11-5-3-7-15-11/h9,11H,1-8H2. The van der Waals surface area contributed by atoms with Crippen LogP contribution in [0.4, 0.5) is 0 Å². The molecule has 0 saturated carbocycles. The van der Waals surface area contributed by atoms with Gasteiger partial charge in [0.15, 0.2) is 0 Å². The molecule has 1 aromatic rings. The number of aromatic nitrogens is 2. The Hall–Kier alpha value is -0.440. The molecule has 0 spiro atoms. The Labute approximate surface area is 95.5 Å². The highest BCUT2D eigenvalue weighted by Gasteiger charge is 2.20. The van der Waals surface area contributed by atoms with Crippen molar-refractivity contribution >= 4 is 11.8 Å². The molecule has 0 radical (unpaired) electrons. The van der Waals surface area contributed by atoms with E-state index < -0.39 is 0 Å². The molecule has 1 fully saturated rings. The van der Waals surface area contributed by atoms with E-state index in [9.17, 15) is 0 Å². The third kappa shape index (κ3) is 1.94. The third-order valence-corrected chi connectivity index (χ3v) is 4.92. The molecule has 0 bridgehead atoms. The van der Waals surface area contributed by atoms with Crippen molar-refractivity contribution in [3.63, 3.8) is 0 Å². The molecule has 0 amide bonds. The number of rotatable bonds is 2. The summed E-state index contributed by atoms with van der Waals surface area (Å²) in [4.78, 5) is 4.61. The van der Waals surface area contributed by atoms with E-state index >= 15 is 0 Å². The van der Waals surface area contributed by atoms with E-state index in [0.717, 1.165) is 5.25 Å². The molecule has 0 aliphatic carbocycles. The summed E-state index contributed by atoms with van der Waals surface area (Å²) in [6.45, 7) is 1.21. The van der Waals surface area contributed by atoms with E-state index in [2.05, 4.69) is 27.5 Å². The Bertz CT molecular complexity index is 339. The van der Waals surface area contributed by atoms with Gasteiger partial charge in [0.1, 0.15) is 5.82 Å². The fraction of sp³-hybridized carbons (Fsp3) is 0.750. The zero-order chi connectivity index (χ0) is 10.1. The lowest BCUT2D eigenvalue weighted by Crippen LogP contribution is -2.15. The number of thioether (sulfide) groups is 1.